The molecule has 0 radical (unpaired) electrons. The van der Waals surface area contributed by atoms with Crippen molar-refractivity contribution in [3.8, 4) is 0 Å². The third-order valence-electron chi connectivity index (χ3n) is 4.36. The van der Waals surface area contributed by atoms with Crippen LogP contribution >= 0.6 is 24.0 Å². The molecule has 2 N–H and O–H groups in total. The van der Waals surface area contributed by atoms with Gasteiger partial charge in [-0.1, -0.05) is 6.92 Å². The summed E-state index contributed by atoms with van der Waals surface area (Å²) in [6.45, 7) is 10.7. The standard InChI is InChI=1S/C17H37N5O.HI/c1-16-7-5-11-22(15-16)13-9-20-17(18-2)19-8-12-21(3)10-6-14-23-4;/h16H,5-15H2,1-4H3,(H2,18,19,20);1H. The molecule has 1 aliphatic rings. The molecule has 0 aromatic heterocycles. The van der Waals surface area contributed by atoms with E-state index in [1.165, 1.54) is 25.9 Å². The summed E-state index contributed by atoms with van der Waals surface area (Å²) in [4.78, 5) is 9.16. The molecule has 1 saturated heterocycles. The van der Waals surface area contributed by atoms with Gasteiger partial charge in [0, 0.05) is 60.0 Å². The van der Waals surface area contributed by atoms with E-state index < -0.39 is 0 Å². The fourth-order valence-electron chi connectivity index (χ4n) is 3.00. The third-order valence-corrected chi connectivity index (χ3v) is 4.36. The number of hydrogen-bond donors (Lipinski definition) is 2. The summed E-state index contributed by atoms with van der Waals surface area (Å²) in [5, 5.41) is 6.80. The number of ether oxygens (including phenoxy) is 1. The molecule has 144 valence electrons. The van der Waals surface area contributed by atoms with Crippen LogP contribution in [0.1, 0.15) is 26.2 Å². The average molecular weight is 455 g/mol. The number of nitrogens with one attached hydrogen (secondary N) is 2. The molecule has 1 fully saturated rings. The Morgan fingerprint density at radius 2 is 2.04 bits per heavy atom. The summed E-state index contributed by atoms with van der Waals surface area (Å²) in [7, 11) is 5.73. The number of guanidine groups is 1. The molecule has 0 aliphatic carbocycles. The van der Waals surface area contributed by atoms with Gasteiger partial charge >= 0.3 is 0 Å². The molecule has 6 nitrogen and oxygen atoms in total. The predicted octanol–water partition coefficient (Wildman–Crippen LogP) is 1.47. The summed E-state index contributed by atoms with van der Waals surface area (Å²) in [5.41, 5.74) is 0. The van der Waals surface area contributed by atoms with Crippen molar-refractivity contribution in [2.75, 3.05) is 73.6 Å². The van der Waals surface area contributed by atoms with Crippen molar-refractivity contribution in [1.82, 2.24) is 20.4 Å². The topological polar surface area (TPSA) is 52.1 Å². The minimum atomic E-state index is 0. The first kappa shape index (κ1) is 23.9. The first-order valence-corrected chi connectivity index (χ1v) is 9.00. The van der Waals surface area contributed by atoms with Gasteiger partial charge in [0.15, 0.2) is 5.96 Å². The second-order valence-corrected chi connectivity index (χ2v) is 6.62. The van der Waals surface area contributed by atoms with Crippen LogP contribution in [0.2, 0.25) is 0 Å². The van der Waals surface area contributed by atoms with Crippen LogP contribution in [0.4, 0.5) is 0 Å². The van der Waals surface area contributed by atoms with Crippen LogP contribution in [0.5, 0.6) is 0 Å². The minimum Gasteiger partial charge on any atom is -0.385 e. The van der Waals surface area contributed by atoms with Gasteiger partial charge in [-0.25, -0.2) is 0 Å². The highest BCUT2D eigenvalue weighted by atomic mass is 127. The summed E-state index contributed by atoms with van der Waals surface area (Å²) >= 11 is 0. The largest absolute Gasteiger partial charge is 0.385 e. The molecule has 1 rings (SSSR count). The lowest BCUT2D eigenvalue weighted by Crippen LogP contribution is -2.45. The average Bonchev–Trinajstić information content (AvgIpc) is 2.53. The Hall–Kier alpha value is -0.120. The molecule has 0 aromatic carbocycles. The Bertz CT molecular complexity index is 330. The zero-order chi connectivity index (χ0) is 16.9. The van der Waals surface area contributed by atoms with E-state index >= 15 is 0 Å². The van der Waals surface area contributed by atoms with Crippen LogP contribution in [0.15, 0.2) is 4.99 Å². The number of aliphatic imine (C=N–C) groups is 1. The monoisotopic (exact) mass is 455 g/mol. The molecule has 1 heterocycles. The first-order chi connectivity index (χ1) is 11.2. The van der Waals surface area contributed by atoms with E-state index in [1.54, 1.807) is 7.11 Å². The zero-order valence-corrected chi connectivity index (χ0v) is 18.3. The maximum absolute atomic E-state index is 5.08. The van der Waals surface area contributed by atoms with Crippen molar-refractivity contribution in [2.45, 2.75) is 26.2 Å². The van der Waals surface area contributed by atoms with Gasteiger partial charge in [-0.2, -0.15) is 0 Å². The van der Waals surface area contributed by atoms with Crippen LogP contribution in [0.25, 0.3) is 0 Å². The molecule has 24 heavy (non-hydrogen) atoms. The lowest BCUT2D eigenvalue weighted by atomic mass is 10.0. The zero-order valence-electron chi connectivity index (χ0n) is 16.0. The highest BCUT2D eigenvalue weighted by molar-refractivity contribution is 14.0. The molecule has 1 unspecified atom stereocenters. The van der Waals surface area contributed by atoms with Gasteiger partial charge < -0.3 is 25.2 Å². The van der Waals surface area contributed by atoms with Gasteiger partial charge in [-0.05, 0) is 38.8 Å². The number of rotatable bonds is 10. The Kier molecular flexibility index (Phi) is 15.1. The molecule has 1 aliphatic heterocycles. The van der Waals surface area contributed by atoms with E-state index in [0.717, 1.165) is 57.6 Å². The van der Waals surface area contributed by atoms with Crippen molar-refractivity contribution in [2.24, 2.45) is 10.9 Å². The number of halogens is 1. The van der Waals surface area contributed by atoms with Crippen LogP contribution in [-0.4, -0.2) is 89.4 Å². The maximum atomic E-state index is 5.08. The number of likely N-dealkylation sites (N-methyl/N-ethyl adjacent to an activating group) is 1. The van der Waals surface area contributed by atoms with Crippen LogP contribution in [0.3, 0.4) is 0 Å². The van der Waals surface area contributed by atoms with E-state index in [0.29, 0.717) is 0 Å². The van der Waals surface area contributed by atoms with E-state index in [-0.39, 0.29) is 24.0 Å². The SMILES string of the molecule is CN=C(NCCN(C)CCCOC)NCCN1CCCC(C)C1.I. The normalized spacial score (nSPS) is 19.2. The van der Waals surface area contributed by atoms with Gasteiger partial charge in [-0.15, -0.1) is 24.0 Å². The second-order valence-electron chi connectivity index (χ2n) is 6.62. The highest BCUT2D eigenvalue weighted by Crippen LogP contribution is 2.14. The van der Waals surface area contributed by atoms with Crippen molar-refractivity contribution >= 4 is 29.9 Å². The quantitative estimate of drug-likeness (QED) is 0.226. The van der Waals surface area contributed by atoms with E-state index in [2.05, 4.69) is 39.4 Å². The summed E-state index contributed by atoms with van der Waals surface area (Å²) in [6, 6.07) is 0. The van der Waals surface area contributed by atoms with Gasteiger partial charge in [0.25, 0.3) is 0 Å². The van der Waals surface area contributed by atoms with Crippen molar-refractivity contribution in [3.63, 3.8) is 0 Å². The van der Waals surface area contributed by atoms with Gasteiger partial charge in [0.05, 0.1) is 0 Å². The van der Waals surface area contributed by atoms with E-state index in [4.69, 9.17) is 4.74 Å². The van der Waals surface area contributed by atoms with E-state index in [1.807, 2.05) is 7.05 Å². The van der Waals surface area contributed by atoms with Crippen LogP contribution in [0, 0.1) is 5.92 Å². The predicted molar refractivity (Wildman–Crippen MR) is 114 cm³/mol. The number of hydrogen-bond acceptors (Lipinski definition) is 4. The summed E-state index contributed by atoms with van der Waals surface area (Å²) in [5.74, 6) is 1.75. The molecule has 0 spiro atoms. The molecular formula is C17H38IN5O. The van der Waals surface area contributed by atoms with Gasteiger partial charge in [0.1, 0.15) is 0 Å². The Labute approximate surface area is 165 Å². The number of methoxy groups -OCH3 is 1. The molecule has 0 saturated carbocycles. The Morgan fingerprint density at radius 3 is 2.71 bits per heavy atom. The van der Waals surface area contributed by atoms with Crippen molar-refractivity contribution in [1.29, 1.82) is 0 Å². The lowest BCUT2D eigenvalue weighted by Gasteiger charge is -2.30. The molecule has 0 aromatic rings. The molecular weight excluding hydrogens is 417 g/mol. The Morgan fingerprint density at radius 1 is 1.29 bits per heavy atom. The molecule has 1 atom stereocenters. The van der Waals surface area contributed by atoms with Crippen molar-refractivity contribution in [3.05, 3.63) is 0 Å². The number of likely N-dealkylation sites (tertiary alicyclic amines) is 1. The third kappa shape index (κ3) is 11.4. The Balaban J connectivity index is 0.00000529. The van der Waals surface area contributed by atoms with Crippen LogP contribution in [-0.2, 0) is 4.74 Å². The van der Waals surface area contributed by atoms with Gasteiger partial charge in [0.2, 0.25) is 0 Å². The lowest BCUT2D eigenvalue weighted by molar-refractivity contribution is 0.180. The number of piperidine rings is 1. The molecule has 7 heteroatoms. The van der Waals surface area contributed by atoms with E-state index in [9.17, 15) is 0 Å². The number of nitrogens with zero attached hydrogens (tertiary/aromatic N) is 3. The van der Waals surface area contributed by atoms with Crippen molar-refractivity contribution < 1.29 is 4.74 Å². The molecule has 0 bridgehead atoms. The smallest absolute Gasteiger partial charge is 0.191 e. The first-order valence-electron chi connectivity index (χ1n) is 9.00. The summed E-state index contributed by atoms with van der Waals surface area (Å²) < 4.78 is 5.08. The fourth-order valence-corrected chi connectivity index (χ4v) is 3.00. The van der Waals surface area contributed by atoms with Crippen LogP contribution < -0.4 is 10.6 Å². The summed E-state index contributed by atoms with van der Waals surface area (Å²) in [6.07, 6.45) is 3.79. The van der Waals surface area contributed by atoms with Gasteiger partial charge in [-0.3, -0.25) is 4.99 Å². The fraction of sp³-hybridized carbons (Fsp3) is 0.941. The highest BCUT2D eigenvalue weighted by Gasteiger charge is 2.15. The second kappa shape index (κ2) is 15.2. The maximum Gasteiger partial charge on any atom is 0.191 e. The minimum absolute atomic E-state index is 0. The molecule has 0 amide bonds.